The van der Waals surface area contributed by atoms with Crippen molar-refractivity contribution in [2.75, 3.05) is 19.6 Å². The maximum Gasteiger partial charge on any atom is 0.305 e. The number of aromatic hydroxyl groups is 1. The molecule has 798 valence electrons. The molecule has 0 saturated carbocycles. The summed E-state index contributed by atoms with van der Waals surface area (Å²) in [5.74, 6) is -21.3. The summed E-state index contributed by atoms with van der Waals surface area (Å²) in [5, 5.41) is 90.4. The summed E-state index contributed by atoms with van der Waals surface area (Å²) in [5.41, 5.74) is 19.7. The molecule has 14 amide bonds. The molecule has 0 unspecified atom stereocenters. The van der Waals surface area contributed by atoms with Gasteiger partial charge in [-0.3, -0.25) is 131 Å². The van der Waals surface area contributed by atoms with Crippen molar-refractivity contribution < 1.29 is 125 Å². The highest BCUT2D eigenvalue weighted by Crippen LogP contribution is 2.25. The van der Waals surface area contributed by atoms with Crippen molar-refractivity contribution in [1.29, 1.82) is 10.8 Å². The molecule has 0 fully saturated rings. The number of hydrogen-bond acceptors (Lipinski definition) is 36. The minimum atomic E-state index is -2.52. The number of amides is 14. The van der Waals surface area contributed by atoms with Crippen molar-refractivity contribution in [3.05, 3.63) is 114 Å². The summed E-state index contributed by atoms with van der Waals surface area (Å²) in [6.07, 6.45) is -17.5. The second-order valence-electron chi connectivity index (χ2n) is 34.8. The Morgan fingerprint density at radius 1 is 0.438 bits per heavy atom. The standard InChI is InChI=1S/C91H133N29O26/c1-50(41-121)101-69(78(137)115-71(105-57(44-124)26-20-34-99-89(96)97)80(139)112-68(67(93)135)104-56(43-123)25-19-33-98-88(94)95)113-81(140)72(107-60(47-127)37-55-27-29-63(130)30-28-55)117-83(142)73(106-58(45-125)35-53-21-13-11-14-22-53)116-79(138)70(102-51(2)42-122)114-82(141)74(109-61(48-128)38-64(92)131)118-84(143)75(108-59(46-126)36-54-23-15-12-16-24-54)119-87(146)91(6)32-18-10-8-7-9-17-31-90(4,5)86(145)103-52(3)77(136)100-40-65(132)111-76(85(144)120-91)110-62(49-129)39-66(133)134/h7-8,11-16,21-24,27-30,41-52,56-62,68-76,101-102,104-110,130H,9-10,17-20,25-26,31-40H2,1-6H3,(H2,92,131)(H2,93,135)(H,100,136)(H,103,145)(H,111,132)(H,112,139)(H,113,140)(H,114,141)(H,115,137)(H,116,138)(H,117,142)(H,118,143)(H,119,146)(H,120,144)(H,133,134)(H4,94,95,98)(H4,96,97,99)/b8-7-/t50-,51-,52-,56+,57+,58+,59+,60+,61+,62+,68-,69-,70+,71-,72+,73-,74-,75+,76+,91-/m0/s1. The van der Waals surface area contributed by atoms with Gasteiger partial charge in [-0.1, -0.05) is 98.8 Å². The number of aliphatic carboxylic acids is 1. The van der Waals surface area contributed by atoms with Crippen LogP contribution >= 0.6 is 0 Å². The number of phenolic OH excluding ortho intramolecular Hbond substituents is 1. The summed E-state index contributed by atoms with van der Waals surface area (Å²) in [7, 11) is 0. The van der Waals surface area contributed by atoms with Crippen LogP contribution in [-0.2, 0) is 134 Å². The molecule has 55 heteroatoms. The van der Waals surface area contributed by atoms with Gasteiger partial charge in [0.25, 0.3) is 53.2 Å². The molecule has 1 aliphatic heterocycles. The lowest BCUT2D eigenvalue weighted by atomic mass is 9.86. The lowest BCUT2D eigenvalue weighted by molar-refractivity contribution is -0.140. The number of benzene rings is 3. The summed E-state index contributed by atoms with van der Waals surface area (Å²) in [6, 6.07) is 5.56. The van der Waals surface area contributed by atoms with Crippen molar-refractivity contribution in [2.24, 2.45) is 28.3 Å². The van der Waals surface area contributed by atoms with E-state index in [1.165, 1.54) is 43.3 Å². The highest BCUT2D eigenvalue weighted by molar-refractivity contribution is 6.01. The zero-order chi connectivity index (χ0) is 109. The zero-order valence-electron chi connectivity index (χ0n) is 81.1. The van der Waals surface area contributed by atoms with Gasteiger partial charge < -0.3 is 151 Å². The van der Waals surface area contributed by atoms with Crippen LogP contribution in [-0.4, -0.2) is 308 Å². The summed E-state index contributed by atoms with van der Waals surface area (Å²) < 4.78 is 0. The van der Waals surface area contributed by atoms with E-state index in [9.17, 15) is 96.5 Å². The molecule has 0 bridgehead atoms. The third-order valence-electron chi connectivity index (χ3n) is 21.9. The first kappa shape index (κ1) is 123. The van der Waals surface area contributed by atoms with Crippen molar-refractivity contribution in [3.63, 3.8) is 0 Å². The van der Waals surface area contributed by atoms with E-state index in [0.29, 0.717) is 49.2 Å². The van der Waals surface area contributed by atoms with E-state index in [1.807, 2.05) is 0 Å². The van der Waals surface area contributed by atoms with E-state index < -0.39 is 260 Å². The third kappa shape index (κ3) is 45.8. The van der Waals surface area contributed by atoms with Crippen LogP contribution in [0, 0.1) is 16.2 Å². The predicted molar refractivity (Wildman–Crippen MR) is 519 cm³/mol. The van der Waals surface area contributed by atoms with Gasteiger partial charge in [0.2, 0.25) is 29.5 Å². The Balaban J connectivity index is 1.98. The van der Waals surface area contributed by atoms with Gasteiger partial charge in [0.15, 0.2) is 67.4 Å². The highest BCUT2D eigenvalue weighted by atomic mass is 16.4. The van der Waals surface area contributed by atoms with Crippen LogP contribution in [0.15, 0.2) is 97.1 Å². The maximum absolute atomic E-state index is 15.6. The number of carbonyl (C=O) groups is 24. The molecule has 0 spiro atoms. The van der Waals surface area contributed by atoms with Gasteiger partial charge in [0.1, 0.15) is 73.9 Å². The molecular formula is C91H133N29O26. The van der Waals surface area contributed by atoms with Crippen LogP contribution in [0.5, 0.6) is 5.75 Å². The second kappa shape index (κ2) is 64.2. The van der Waals surface area contributed by atoms with Gasteiger partial charge in [-0.2, -0.15) is 0 Å². The molecule has 3 aromatic rings. The van der Waals surface area contributed by atoms with Crippen molar-refractivity contribution in [2.45, 2.75) is 259 Å². The van der Waals surface area contributed by atoms with Gasteiger partial charge in [0.05, 0.1) is 67.3 Å². The maximum atomic E-state index is 15.6. The number of carboxylic acid groups (broad SMARTS) is 1. The fourth-order valence-electron chi connectivity index (χ4n) is 14.0. The van der Waals surface area contributed by atoms with Crippen LogP contribution in [0.2, 0.25) is 0 Å². The van der Waals surface area contributed by atoms with Gasteiger partial charge in [-0.05, 0) is 140 Å². The largest absolute Gasteiger partial charge is 0.508 e. The molecule has 3 aromatic carbocycles. The Bertz CT molecular complexity index is 5010. The molecule has 4 rings (SSSR count). The van der Waals surface area contributed by atoms with Crippen LogP contribution in [0.25, 0.3) is 0 Å². The van der Waals surface area contributed by atoms with E-state index in [-0.39, 0.29) is 113 Å². The minimum Gasteiger partial charge on any atom is -0.508 e. The topological polar surface area (TPSA) is 879 Å². The number of guanidine groups is 2. The van der Waals surface area contributed by atoms with Gasteiger partial charge in [-0.25, -0.2) is 0 Å². The van der Waals surface area contributed by atoms with E-state index in [1.54, 1.807) is 74.5 Å². The van der Waals surface area contributed by atoms with Gasteiger partial charge in [-0.15, -0.1) is 0 Å². The first-order valence-electron chi connectivity index (χ1n) is 46.3. The fraction of sp³-hybridized carbons (Fsp3) is 0.495. The lowest BCUT2D eigenvalue weighted by Crippen LogP contribution is -2.71. The number of allylic oxidation sites excluding steroid dienone is 2. The van der Waals surface area contributed by atoms with Crippen LogP contribution in [0.1, 0.15) is 135 Å². The summed E-state index contributed by atoms with van der Waals surface area (Å²) in [4.78, 5) is 331. The molecule has 1 aliphatic rings. The molecule has 0 radical (unpaired) electrons. The monoisotopic (exact) mass is 2050 g/mol. The Hall–Kier alpha value is -15.5. The average molecular weight is 2050 g/mol. The van der Waals surface area contributed by atoms with Gasteiger partial charge >= 0.3 is 5.97 Å². The lowest BCUT2D eigenvalue weighted by Gasteiger charge is -2.34. The average Bonchev–Trinajstić information content (AvgIpc) is 0.829. The second-order valence-corrected chi connectivity index (χ2v) is 34.8. The number of carboxylic acids is 1. The number of carbonyl (C=O) groups excluding carboxylic acids is 23. The molecule has 35 N–H and O–H groups in total. The number of nitrogens with one attached hydrogen (secondary N) is 25. The quantitative estimate of drug-likeness (QED) is 0.00623. The molecular weight excluding hydrogens is 1920 g/mol. The minimum absolute atomic E-state index is 0.0212. The van der Waals surface area contributed by atoms with Crippen LogP contribution in [0.3, 0.4) is 0 Å². The molecule has 20 atom stereocenters. The van der Waals surface area contributed by atoms with E-state index in [2.05, 4.69) is 122 Å². The number of aldehydes is 9. The van der Waals surface area contributed by atoms with Gasteiger partial charge in [0, 0.05) is 24.9 Å². The molecule has 0 saturated heterocycles. The number of primary amides is 2. The van der Waals surface area contributed by atoms with Crippen molar-refractivity contribution in [1.82, 2.24) is 122 Å². The first-order chi connectivity index (χ1) is 69.2. The molecule has 0 aromatic heterocycles. The predicted octanol–water partition coefficient (Wildman–Crippen LogP) is -11.4. The number of hydrogen-bond donors (Lipinski definition) is 31. The molecule has 146 heavy (non-hydrogen) atoms. The first-order valence-corrected chi connectivity index (χ1v) is 46.3. The summed E-state index contributed by atoms with van der Waals surface area (Å²) in [6.45, 7) is 7.18. The number of phenols is 1. The van der Waals surface area contributed by atoms with Crippen molar-refractivity contribution in [3.8, 4) is 5.75 Å². The Kier molecular flexibility index (Phi) is 54.0. The van der Waals surface area contributed by atoms with Crippen molar-refractivity contribution >= 4 is 157 Å². The summed E-state index contributed by atoms with van der Waals surface area (Å²) >= 11 is 0. The SMILES string of the molecule is C[C@@H]1NC(=O)C(C)(C)CCC/C=C\CCC[C@@](C)(C(=O)N[C@@H](N[C@@H](C=O)Cc2ccccc2)C(=O)N[C@H](N[C@@H](C=O)CC(N)=O)C(=O)N[C@@H](N[C@@H](C)C=O)C(=O)N[C@H](N[C@@H](C=O)Cc2ccccc2)C(=O)N[C@@H](N[C@@H](C=O)Cc2ccc(O)cc2)C(=O)N[C@H](N[C@@H](C)C=O)C(=O)N[C@H](N[C@@H](C=O)CCCNC(=N)N)C(=O)N[C@H](N[C@@H](C=O)CCCNC(=N)N)C(N)=O)NC(=O)[C@H](N[C@@H](C=O)CC(=O)O)NC(=O)CNC1=O. The van der Waals surface area contributed by atoms with E-state index in [4.69, 9.17) is 33.8 Å². The fourth-order valence-corrected chi connectivity index (χ4v) is 14.0. The number of nitrogens with two attached hydrogens (primary N) is 4. The van der Waals surface area contributed by atoms with Crippen LogP contribution < -0.4 is 145 Å². The number of rotatable bonds is 62. The molecule has 0 aliphatic carbocycles. The molecule has 55 nitrogen and oxygen atoms in total. The van der Waals surface area contributed by atoms with E-state index in [0.717, 1.165) is 20.8 Å². The van der Waals surface area contributed by atoms with Crippen LogP contribution in [0.4, 0.5) is 0 Å². The third-order valence-corrected chi connectivity index (χ3v) is 21.9. The Morgan fingerprint density at radius 3 is 1.16 bits per heavy atom. The highest BCUT2D eigenvalue weighted by Gasteiger charge is 2.44. The smallest absolute Gasteiger partial charge is 0.305 e. The Labute approximate surface area is 838 Å². The molecule has 1 heterocycles. The Morgan fingerprint density at radius 2 is 0.795 bits per heavy atom. The van der Waals surface area contributed by atoms with E-state index >= 15 is 28.8 Å². The normalized spacial score (nSPS) is 18.9. The zero-order valence-corrected chi connectivity index (χ0v) is 81.1.